The summed E-state index contributed by atoms with van der Waals surface area (Å²) in [6, 6.07) is 83.9. The summed E-state index contributed by atoms with van der Waals surface area (Å²) in [6.45, 7) is 0. The topological polar surface area (TPSA) is 12.0 Å². The van der Waals surface area contributed by atoms with Crippen molar-refractivity contribution in [2.75, 3.05) is 5.32 Å². The van der Waals surface area contributed by atoms with E-state index in [0.29, 0.717) is 0 Å². The standard InChI is InChI=1S/C25H21N.2C12H10.BrH/c1-5-13-21(14-6-1)25(22-15-7-2-8-16-22,23-17-9-3-10-18-23)26-24-19-11-4-12-20-24;2*1-3-7-11(8-4-1)12-9-5-2-6-10-12;/h1-20,26H;2*1-10H;1H. The minimum absolute atomic E-state index is 0. The molecule has 0 amide bonds. The third-order valence-electron chi connectivity index (χ3n) is 8.49. The van der Waals surface area contributed by atoms with Gasteiger partial charge in [-0.05, 0) is 51.1 Å². The van der Waals surface area contributed by atoms with Crippen molar-refractivity contribution in [2.45, 2.75) is 5.54 Å². The molecule has 0 aliphatic rings. The molecule has 0 aliphatic carbocycles. The maximum atomic E-state index is 3.84. The number of halogens is 1. The van der Waals surface area contributed by atoms with Crippen LogP contribution < -0.4 is 5.32 Å². The van der Waals surface area contributed by atoms with Crippen LogP contribution in [0.1, 0.15) is 16.7 Å². The van der Waals surface area contributed by atoms with Gasteiger partial charge in [0.15, 0.2) is 0 Å². The lowest BCUT2D eigenvalue weighted by Crippen LogP contribution is -2.38. The Balaban J connectivity index is 0.000000167. The molecule has 8 aromatic carbocycles. The summed E-state index contributed by atoms with van der Waals surface area (Å²) in [5.74, 6) is 0. The third-order valence-corrected chi connectivity index (χ3v) is 8.49. The second kappa shape index (κ2) is 19.3. The van der Waals surface area contributed by atoms with Crippen molar-refractivity contribution in [3.63, 3.8) is 0 Å². The van der Waals surface area contributed by atoms with Crippen LogP contribution in [-0.4, -0.2) is 0 Å². The van der Waals surface area contributed by atoms with Crippen molar-refractivity contribution in [3.8, 4) is 22.3 Å². The van der Waals surface area contributed by atoms with E-state index >= 15 is 0 Å². The highest BCUT2D eigenvalue weighted by Gasteiger charge is 2.36. The lowest BCUT2D eigenvalue weighted by atomic mass is 9.77. The summed E-state index contributed by atoms with van der Waals surface area (Å²) < 4.78 is 0. The fraction of sp³-hybridized carbons (Fsp3) is 0.0204. The lowest BCUT2D eigenvalue weighted by molar-refractivity contribution is 0.712. The Hall–Kier alpha value is -5.96. The zero-order chi connectivity index (χ0) is 34.1. The Bertz CT molecular complexity index is 1830. The Kier molecular flexibility index (Phi) is 13.7. The quantitative estimate of drug-likeness (QED) is 0.161. The average Bonchev–Trinajstić information content (AvgIpc) is 3.23. The van der Waals surface area contributed by atoms with E-state index in [1.165, 1.54) is 38.9 Å². The van der Waals surface area contributed by atoms with Crippen LogP contribution in [0.2, 0.25) is 0 Å². The van der Waals surface area contributed by atoms with E-state index in [4.69, 9.17) is 0 Å². The number of hydrogen-bond donors (Lipinski definition) is 1. The highest BCUT2D eigenvalue weighted by atomic mass is 79.9. The first kappa shape index (κ1) is 36.3. The molecule has 1 N–H and O–H groups in total. The van der Waals surface area contributed by atoms with E-state index in [0.717, 1.165) is 5.69 Å². The van der Waals surface area contributed by atoms with Crippen LogP contribution in [0.4, 0.5) is 5.69 Å². The van der Waals surface area contributed by atoms with Crippen molar-refractivity contribution >= 4 is 22.7 Å². The van der Waals surface area contributed by atoms with Gasteiger partial charge in [0.1, 0.15) is 5.54 Å². The van der Waals surface area contributed by atoms with Crippen molar-refractivity contribution in [3.05, 3.63) is 259 Å². The van der Waals surface area contributed by atoms with Gasteiger partial charge in [-0.25, -0.2) is 0 Å². The molecule has 0 atom stereocenters. The number of rotatable bonds is 7. The monoisotopic (exact) mass is 723 g/mol. The van der Waals surface area contributed by atoms with Crippen LogP contribution in [0, 0.1) is 0 Å². The first-order valence-corrected chi connectivity index (χ1v) is 17.0. The molecule has 1 nitrogen and oxygen atoms in total. The molecule has 8 aromatic rings. The third kappa shape index (κ3) is 9.82. The van der Waals surface area contributed by atoms with Gasteiger partial charge in [0.05, 0.1) is 0 Å². The summed E-state index contributed by atoms with van der Waals surface area (Å²) in [5.41, 5.74) is 9.35. The molecule has 0 aliphatic heterocycles. The number of para-hydroxylation sites is 1. The summed E-state index contributed by atoms with van der Waals surface area (Å²) >= 11 is 0. The van der Waals surface area contributed by atoms with Crippen LogP contribution in [0.25, 0.3) is 22.3 Å². The molecule has 0 saturated carbocycles. The molecule has 0 saturated heterocycles. The Morgan fingerprint density at radius 3 is 0.667 bits per heavy atom. The van der Waals surface area contributed by atoms with Crippen LogP contribution >= 0.6 is 17.0 Å². The van der Waals surface area contributed by atoms with E-state index in [1.54, 1.807) is 0 Å². The molecule has 0 bridgehead atoms. The number of nitrogens with one attached hydrogen (secondary N) is 1. The van der Waals surface area contributed by atoms with Gasteiger partial charge in [-0.1, -0.05) is 231 Å². The van der Waals surface area contributed by atoms with Crippen LogP contribution in [-0.2, 0) is 5.54 Å². The minimum atomic E-state index is -0.467. The highest BCUT2D eigenvalue weighted by molar-refractivity contribution is 8.93. The maximum Gasteiger partial charge on any atom is 0.114 e. The number of benzene rings is 8. The first-order chi connectivity index (χ1) is 24.8. The van der Waals surface area contributed by atoms with Gasteiger partial charge in [0.25, 0.3) is 0 Å². The van der Waals surface area contributed by atoms with Gasteiger partial charge in [-0.15, -0.1) is 17.0 Å². The molecule has 8 rings (SSSR count). The fourth-order valence-electron chi connectivity index (χ4n) is 6.04. The minimum Gasteiger partial charge on any atom is -0.368 e. The van der Waals surface area contributed by atoms with Gasteiger partial charge in [0.2, 0.25) is 0 Å². The van der Waals surface area contributed by atoms with E-state index in [1.807, 2.05) is 30.3 Å². The number of anilines is 1. The first-order valence-electron chi connectivity index (χ1n) is 17.0. The second-order valence-electron chi connectivity index (χ2n) is 11.8. The zero-order valence-corrected chi connectivity index (χ0v) is 30.2. The Morgan fingerprint density at radius 2 is 0.431 bits per heavy atom. The Labute approximate surface area is 313 Å². The molecule has 2 heteroatoms. The van der Waals surface area contributed by atoms with Gasteiger partial charge < -0.3 is 5.32 Å². The molecule has 0 unspecified atom stereocenters. The molecule has 0 spiro atoms. The zero-order valence-electron chi connectivity index (χ0n) is 28.5. The second-order valence-corrected chi connectivity index (χ2v) is 11.8. The largest absolute Gasteiger partial charge is 0.368 e. The maximum absolute atomic E-state index is 3.84. The molecule has 0 fully saturated rings. The molecule has 0 heterocycles. The van der Waals surface area contributed by atoms with Gasteiger partial charge in [-0.3, -0.25) is 0 Å². The highest BCUT2D eigenvalue weighted by Crippen LogP contribution is 2.39. The van der Waals surface area contributed by atoms with Crippen molar-refractivity contribution in [1.29, 1.82) is 0 Å². The van der Waals surface area contributed by atoms with Crippen molar-refractivity contribution in [1.82, 2.24) is 0 Å². The smallest absolute Gasteiger partial charge is 0.114 e. The van der Waals surface area contributed by atoms with Gasteiger partial charge in [0, 0.05) is 5.69 Å². The molecular formula is C49H42BrN. The molecule has 250 valence electrons. The average molecular weight is 725 g/mol. The van der Waals surface area contributed by atoms with E-state index in [2.05, 4.69) is 218 Å². The van der Waals surface area contributed by atoms with Crippen LogP contribution in [0.5, 0.6) is 0 Å². The number of hydrogen-bond acceptors (Lipinski definition) is 1. The predicted octanol–water partition coefficient (Wildman–Crippen LogP) is 13.4. The summed E-state index contributed by atoms with van der Waals surface area (Å²) in [5, 5.41) is 3.84. The van der Waals surface area contributed by atoms with Crippen LogP contribution in [0.3, 0.4) is 0 Å². The molecule has 51 heavy (non-hydrogen) atoms. The van der Waals surface area contributed by atoms with E-state index < -0.39 is 5.54 Å². The normalized spacial score (nSPS) is 10.2. The fourth-order valence-corrected chi connectivity index (χ4v) is 6.04. The summed E-state index contributed by atoms with van der Waals surface area (Å²) in [6.07, 6.45) is 0. The van der Waals surface area contributed by atoms with Crippen molar-refractivity contribution < 1.29 is 0 Å². The summed E-state index contributed by atoms with van der Waals surface area (Å²) in [7, 11) is 0. The molecular weight excluding hydrogens is 682 g/mol. The SMILES string of the molecule is Br.c1ccc(-c2ccccc2)cc1.c1ccc(-c2ccccc2)cc1.c1ccc(NC(c2ccccc2)(c2ccccc2)c2ccccc2)cc1. The Morgan fingerprint density at radius 1 is 0.235 bits per heavy atom. The van der Waals surface area contributed by atoms with E-state index in [-0.39, 0.29) is 17.0 Å². The molecule has 0 radical (unpaired) electrons. The van der Waals surface area contributed by atoms with Gasteiger partial charge >= 0.3 is 0 Å². The molecule has 0 aromatic heterocycles. The van der Waals surface area contributed by atoms with Crippen LogP contribution in [0.15, 0.2) is 243 Å². The van der Waals surface area contributed by atoms with E-state index in [9.17, 15) is 0 Å². The van der Waals surface area contributed by atoms with Gasteiger partial charge in [-0.2, -0.15) is 0 Å². The lowest BCUT2D eigenvalue weighted by Gasteiger charge is -2.38. The summed E-state index contributed by atoms with van der Waals surface area (Å²) in [4.78, 5) is 0. The predicted molar refractivity (Wildman–Crippen MR) is 223 cm³/mol. The van der Waals surface area contributed by atoms with Crippen molar-refractivity contribution in [2.24, 2.45) is 0 Å².